The number of aliphatic hydroxyl groups excluding tert-OH is 1. The minimum atomic E-state index is -0.406. The lowest BCUT2D eigenvalue weighted by Gasteiger charge is -2.25. The summed E-state index contributed by atoms with van der Waals surface area (Å²) < 4.78 is 2.17. The van der Waals surface area contributed by atoms with E-state index in [-0.39, 0.29) is 0 Å². The van der Waals surface area contributed by atoms with Crippen LogP contribution in [-0.4, -0.2) is 27.0 Å². The van der Waals surface area contributed by atoms with E-state index >= 15 is 0 Å². The molecule has 0 saturated carbocycles. The zero-order valence-electron chi connectivity index (χ0n) is 12.9. The van der Waals surface area contributed by atoms with Crippen LogP contribution in [0, 0.1) is 0 Å². The van der Waals surface area contributed by atoms with Crippen molar-refractivity contribution >= 4 is 34.1 Å². The minimum absolute atomic E-state index is 0.406. The maximum Gasteiger partial charge on any atom is 0.180 e. The number of anilines is 1. The van der Waals surface area contributed by atoms with E-state index in [1.165, 1.54) is 16.9 Å². The van der Waals surface area contributed by atoms with E-state index in [0.29, 0.717) is 11.7 Å². The molecule has 4 N–H and O–H groups in total. The second-order valence-electron chi connectivity index (χ2n) is 5.43. The van der Waals surface area contributed by atoms with Crippen molar-refractivity contribution in [2.24, 2.45) is 0 Å². The molecule has 122 valence electrons. The van der Waals surface area contributed by atoms with E-state index in [9.17, 15) is 5.11 Å². The lowest BCUT2D eigenvalue weighted by molar-refractivity contribution is 0.197. The van der Waals surface area contributed by atoms with E-state index in [1.54, 1.807) is 18.9 Å². The van der Waals surface area contributed by atoms with Crippen LogP contribution in [0.1, 0.15) is 23.1 Å². The Bertz CT molecular complexity index is 685. The van der Waals surface area contributed by atoms with Gasteiger partial charge in [-0.1, -0.05) is 41.7 Å². The van der Waals surface area contributed by atoms with Gasteiger partial charge in [-0.2, -0.15) is 0 Å². The number of nitrogens with two attached hydrogens (primary N) is 1. The van der Waals surface area contributed by atoms with E-state index in [2.05, 4.69) is 45.1 Å². The second-order valence-corrected chi connectivity index (χ2v) is 7.48. The molecular formula is C16H20N4OS2. The summed E-state index contributed by atoms with van der Waals surface area (Å²) in [6.07, 6.45) is 1.67. The van der Waals surface area contributed by atoms with Crippen molar-refractivity contribution in [2.75, 3.05) is 12.3 Å². The summed E-state index contributed by atoms with van der Waals surface area (Å²) in [7, 11) is 0. The molecule has 1 aliphatic heterocycles. The molecule has 0 spiro atoms. The molecule has 1 unspecified atom stereocenters. The lowest BCUT2D eigenvalue weighted by atomic mass is 10.2. The van der Waals surface area contributed by atoms with Crippen molar-refractivity contribution in [3.63, 3.8) is 0 Å². The predicted octanol–water partition coefficient (Wildman–Crippen LogP) is 2.66. The molecule has 0 saturated heterocycles. The number of hydrogen-bond acceptors (Lipinski definition) is 7. The molecule has 0 amide bonds. The first kappa shape index (κ1) is 16.2. The predicted molar refractivity (Wildman–Crippen MR) is 97.5 cm³/mol. The molecule has 1 aliphatic rings. The van der Waals surface area contributed by atoms with Gasteiger partial charge in [-0.05, 0) is 24.4 Å². The fourth-order valence-electron chi connectivity index (χ4n) is 2.28. The van der Waals surface area contributed by atoms with Gasteiger partial charge in [-0.15, -0.1) is 0 Å². The Balaban J connectivity index is 1.72. The first-order valence-electron chi connectivity index (χ1n) is 7.44. The molecule has 0 bridgehead atoms. The molecule has 2 aromatic rings. The molecule has 7 heteroatoms. The van der Waals surface area contributed by atoms with Gasteiger partial charge in [0.2, 0.25) is 0 Å². The summed E-state index contributed by atoms with van der Waals surface area (Å²) >= 11 is 3.22. The van der Waals surface area contributed by atoms with Crippen LogP contribution >= 0.6 is 23.3 Å². The lowest BCUT2D eigenvalue weighted by Crippen LogP contribution is -2.27. The second kappa shape index (κ2) is 7.25. The number of benzene rings is 1. The van der Waals surface area contributed by atoms with E-state index < -0.39 is 6.10 Å². The third-order valence-corrected chi connectivity index (χ3v) is 5.35. The molecule has 23 heavy (non-hydrogen) atoms. The normalized spacial score (nSPS) is 15.0. The zero-order valence-corrected chi connectivity index (χ0v) is 14.5. The monoisotopic (exact) mass is 348 g/mol. The van der Waals surface area contributed by atoms with Gasteiger partial charge in [0.05, 0.1) is 28.9 Å². The summed E-state index contributed by atoms with van der Waals surface area (Å²) in [6, 6.07) is 10.4. The largest absolute Gasteiger partial charge is 0.392 e. The Morgan fingerprint density at radius 1 is 1.43 bits per heavy atom. The maximum atomic E-state index is 9.51. The van der Waals surface area contributed by atoms with Crippen LogP contribution in [0.25, 0.3) is 5.70 Å². The fraction of sp³-hybridized carbons (Fsp3) is 0.312. The Morgan fingerprint density at radius 3 is 2.96 bits per heavy atom. The highest BCUT2D eigenvalue weighted by Gasteiger charge is 2.22. The van der Waals surface area contributed by atoms with Gasteiger partial charge in [0, 0.05) is 18.5 Å². The van der Waals surface area contributed by atoms with Crippen LogP contribution in [0.3, 0.4) is 0 Å². The summed E-state index contributed by atoms with van der Waals surface area (Å²) in [5, 5.41) is 13.4. The van der Waals surface area contributed by atoms with Crippen molar-refractivity contribution in [2.45, 2.75) is 25.3 Å². The Kier molecular flexibility index (Phi) is 5.09. The van der Waals surface area contributed by atoms with Crippen molar-refractivity contribution in [3.8, 4) is 0 Å². The van der Waals surface area contributed by atoms with Crippen molar-refractivity contribution in [3.05, 3.63) is 52.7 Å². The molecule has 3 rings (SSSR count). The molecule has 0 fully saturated rings. The quantitative estimate of drug-likeness (QED) is 0.697. The van der Waals surface area contributed by atoms with Gasteiger partial charge < -0.3 is 20.5 Å². The number of nitrogens with zero attached hydrogens (tertiary/aromatic N) is 2. The number of rotatable bonds is 6. The molecule has 2 heterocycles. The number of hydrogen-bond donors (Lipinski definition) is 3. The number of fused-ring (bicyclic) bond motifs is 1. The Hall–Kier alpha value is -1.70. The highest BCUT2D eigenvalue weighted by Crippen LogP contribution is 2.34. The first-order chi connectivity index (χ1) is 11.1. The smallest absolute Gasteiger partial charge is 0.180 e. The molecule has 1 aromatic heterocycles. The minimum Gasteiger partial charge on any atom is -0.392 e. The Morgan fingerprint density at radius 2 is 2.22 bits per heavy atom. The third-order valence-electron chi connectivity index (χ3n) is 3.36. The van der Waals surface area contributed by atoms with Crippen molar-refractivity contribution in [1.82, 2.24) is 14.6 Å². The van der Waals surface area contributed by atoms with E-state index in [4.69, 9.17) is 5.73 Å². The summed E-state index contributed by atoms with van der Waals surface area (Å²) in [4.78, 5) is 5.50. The number of aliphatic hydroxyl groups is 1. The fourth-order valence-corrected chi connectivity index (χ4v) is 4.01. The van der Waals surface area contributed by atoms with Gasteiger partial charge in [-0.3, -0.25) is 0 Å². The standard InChI is InChI=1S/C16H20N4OS2/c1-11(21)7-18-13-8-20(9-14-15(13)23-16(17)19-14)22-10-12-5-3-2-4-6-12/h2-6,8,11,18,21H,7,9-10H2,1H3,(H2,17,19). The summed E-state index contributed by atoms with van der Waals surface area (Å²) in [5.41, 5.74) is 9.11. The molecular weight excluding hydrogens is 328 g/mol. The average molecular weight is 348 g/mol. The first-order valence-corrected chi connectivity index (χ1v) is 9.20. The van der Waals surface area contributed by atoms with E-state index in [1.807, 2.05) is 6.07 Å². The molecule has 0 radical (unpaired) electrons. The molecule has 0 aliphatic carbocycles. The van der Waals surface area contributed by atoms with E-state index in [0.717, 1.165) is 28.6 Å². The van der Waals surface area contributed by atoms with Gasteiger partial charge >= 0.3 is 0 Å². The number of aromatic nitrogens is 1. The maximum absolute atomic E-state index is 9.51. The summed E-state index contributed by atoms with van der Waals surface area (Å²) in [6.45, 7) is 3.00. The van der Waals surface area contributed by atoms with Crippen LogP contribution in [0.15, 0.2) is 36.5 Å². The van der Waals surface area contributed by atoms with Gasteiger partial charge in [0.15, 0.2) is 5.13 Å². The van der Waals surface area contributed by atoms with Crippen LogP contribution in [-0.2, 0) is 12.3 Å². The SMILES string of the molecule is CC(O)CNC1=CN(SCc2ccccc2)Cc2nc(N)sc21. The third kappa shape index (κ3) is 4.19. The molecule has 1 atom stereocenters. The van der Waals surface area contributed by atoms with Gasteiger partial charge in [0.25, 0.3) is 0 Å². The topological polar surface area (TPSA) is 74.4 Å². The van der Waals surface area contributed by atoms with Gasteiger partial charge in [0.1, 0.15) is 0 Å². The zero-order chi connectivity index (χ0) is 16.2. The highest BCUT2D eigenvalue weighted by atomic mass is 32.2. The van der Waals surface area contributed by atoms with Crippen LogP contribution in [0.2, 0.25) is 0 Å². The molecule has 5 nitrogen and oxygen atoms in total. The number of nitrogens with one attached hydrogen (secondary N) is 1. The highest BCUT2D eigenvalue weighted by molar-refractivity contribution is 7.96. The van der Waals surface area contributed by atoms with Crippen molar-refractivity contribution in [1.29, 1.82) is 0 Å². The summed E-state index contributed by atoms with van der Waals surface area (Å²) in [5.74, 6) is 0.899. The Labute approximate surface area is 144 Å². The van der Waals surface area contributed by atoms with Crippen molar-refractivity contribution < 1.29 is 5.11 Å². The van der Waals surface area contributed by atoms with Crippen LogP contribution in [0.4, 0.5) is 5.13 Å². The van der Waals surface area contributed by atoms with Crippen LogP contribution in [0.5, 0.6) is 0 Å². The number of nitrogen functional groups attached to an aromatic ring is 1. The van der Waals surface area contributed by atoms with Gasteiger partial charge in [-0.25, -0.2) is 4.98 Å². The molecule has 1 aromatic carbocycles. The average Bonchev–Trinajstić information content (AvgIpc) is 2.92. The number of thiazole rings is 1. The van der Waals surface area contributed by atoms with Crippen LogP contribution < -0.4 is 11.1 Å².